The fourth-order valence-electron chi connectivity index (χ4n) is 0.886. The monoisotopic (exact) mass is 225 g/mol. The molecule has 0 aliphatic carbocycles. The average Bonchev–Trinajstić information content (AvgIpc) is 2.11. The van der Waals surface area contributed by atoms with Crippen molar-refractivity contribution < 1.29 is 18.6 Å². The van der Waals surface area contributed by atoms with Gasteiger partial charge in [-0.1, -0.05) is 0 Å². The lowest BCUT2D eigenvalue weighted by Gasteiger charge is -2.26. The van der Waals surface area contributed by atoms with Crippen LogP contribution in [0.3, 0.4) is 0 Å². The van der Waals surface area contributed by atoms with Crippen LogP contribution < -0.4 is 5.32 Å². The lowest BCUT2D eigenvalue weighted by molar-refractivity contribution is 0.105. The molecule has 6 heteroatoms. The second-order valence-electron chi connectivity index (χ2n) is 3.79. The minimum absolute atomic E-state index is 0.118. The molecule has 0 radical (unpaired) electrons. The van der Waals surface area contributed by atoms with Crippen LogP contribution in [0.4, 0.5) is 0 Å². The van der Waals surface area contributed by atoms with Crippen molar-refractivity contribution in [1.29, 1.82) is 0 Å². The highest BCUT2D eigenvalue weighted by molar-refractivity contribution is 7.90. The molecule has 3 N–H and O–H groups in total. The highest BCUT2D eigenvalue weighted by Gasteiger charge is 2.20. The normalized spacial score (nSPS) is 13.1. The fraction of sp³-hybridized carbons (Fsp3) is 1.00. The Balaban J connectivity index is 3.74. The maximum atomic E-state index is 10.8. The summed E-state index contributed by atoms with van der Waals surface area (Å²) >= 11 is 0. The zero-order chi connectivity index (χ0) is 11.2. The number of hydrogen-bond donors (Lipinski definition) is 3. The Labute approximate surface area is 85.1 Å². The van der Waals surface area contributed by atoms with Gasteiger partial charge in [0.1, 0.15) is 9.84 Å². The molecule has 0 rings (SSSR count). The molecule has 0 aromatic rings. The van der Waals surface area contributed by atoms with Crippen molar-refractivity contribution >= 4 is 9.84 Å². The molecule has 0 amide bonds. The van der Waals surface area contributed by atoms with E-state index in [2.05, 4.69) is 5.32 Å². The van der Waals surface area contributed by atoms with Gasteiger partial charge in [-0.3, -0.25) is 0 Å². The van der Waals surface area contributed by atoms with E-state index in [-0.39, 0.29) is 19.0 Å². The number of rotatable bonds is 7. The van der Waals surface area contributed by atoms with Gasteiger partial charge in [0.15, 0.2) is 0 Å². The van der Waals surface area contributed by atoms with Crippen LogP contribution in [0.25, 0.3) is 0 Å². The molecule has 0 spiro atoms. The number of sulfone groups is 1. The minimum atomic E-state index is -2.92. The van der Waals surface area contributed by atoms with Crippen LogP contribution in [0.15, 0.2) is 0 Å². The Morgan fingerprint density at radius 2 is 1.79 bits per heavy atom. The third-order valence-corrected chi connectivity index (χ3v) is 2.97. The highest BCUT2D eigenvalue weighted by Crippen LogP contribution is 2.00. The van der Waals surface area contributed by atoms with E-state index in [1.165, 1.54) is 6.26 Å². The van der Waals surface area contributed by atoms with Crippen molar-refractivity contribution in [3.63, 3.8) is 0 Å². The number of aliphatic hydroxyl groups is 2. The molecular formula is C8H19NO4S. The molecule has 0 bridgehead atoms. The van der Waals surface area contributed by atoms with E-state index in [1.54, 1.807) is 6.92 Å². The molecule has 5 nitrogen and oxygen atoms in total. The molecule has 0 aromatic carbocycles. The van der Waals surface area contributed by atoms with Gasteiger partial charge >= 0.3 is 0 Å². The summed E-state index contributed by atoms with van der Waals surface area (Å²) in [5, 5.41) is 20.7. The Bertz CT molecular complexity index is 246. The van der Waals surface area contributed by atoms with E-state index in [0.29, 0.717) is 13.0 Å². The number of aliphatic hydroxyl groups excluding tert-OH is 2. The summed E-state index contributed by atoms with van der Waals surface area (Å²) in [5.74, 6) is 0.118. The molecule has 0 fully saturated rings. The van der Waals surface area contributed by atoms with Gasteiger partial charge in [0.05, 0.1) is 24.5 Å². The second kappa shape index (κ2) is 5.65. The predicted molar refractivity (Wildman–Crippen MR) is 54.9 cm³/mol. The molecule has 0 saturated heterocycles. The summed E-state index contributed by atoms with van der Waals surface area (Å²) in [6, 6.07) is 0. The summed E-state index contributed by atoms with van der Waals surface area (Å²) < 4.78 is 21.5. The molecule has 14 heavy (non-hydrogen) atoms. The van der Waals surface area contributed by atoms with Crippen molar-refractivity contribution in [3.05, 3.63) is 0 Å². The van der Waals surface area contributed by atoms with Crippen LogP contribution in [-0.4, -0.2) is 55.9 Å². The third kappa shape index (κ3) is 6.31. The summed E-state index contributed by atoms with van der Waals surface area (Å²) in [7, 11) is -2.92. The largest absolute Gasteiger partial charge is 0.394 e. The van der Waals surface area contributed by atoms with Crippen molar-refractivity contribution in [2.75, 3.05) is 31.8 Å². The van der Waals surface area contributed by atoms with Crippen LogP contribution in [0.5, 0.6) is 0 Å². The van der Waals surface area contributed by atoms with Gasteiger partial charge < -0.3 is 15.5 Å². The lowest BCUT2D eigenvalue weighted by atomic mass is 10.1. The first-order valence-corrected chi connectivity index (χ1v) is 6.53. The van der Waals surface area contributed by atoms with Gasteiger partial charge in [0, 0.05) is 6.26 Å². The molecule has 0 saturated carbocycles. The van der Waals surface area contributed by atoms with Crippen LogP contribution in [0.2, 0.25) is 0 Å². The Hall–Kier alpha value is -0.170. The van der Waals surface area contributed by atoms with Crippen molar-refractivity contribution in [3.8, 4) is 0 Å². The van der Waals surface area contributed by atoms with Crippen molar-refractivity contribution in [2.45, 2.75) is 18.9 Å². The van der Waals surface area contributed by atoms with E-state index in [9.17, 15) is 8.42 Å². The van der Waals surface area contributed by atoms with E-state index < -0.39 is 15.4 Å². The first kappa shape index (κ1) is 13.8. The maximum absolute atomic E-state index is 10.8. The topological polar surface area (TPSA) is 86.6 Å². The first-order chi connectivity index (χ1) is 6.33. The second-order valence-corrected chi connectivity index (χ2v) is 6.05. The van der Waals surface area contributed by atoms with Crippen molar-refractivity contribution in [1.82, 2.24) is 5.32 Å². The van der Waals surface area contributed by atoms with Gasteiger partial charge in [-0.2, -0.15) is 0 Å². The molecule has 0 aliphatic rings. The van der Waals surface area contributed by atoms with Crippen LogP contribution in [0.1, 0.15) is 13.3 Å². The molecule has 0 aromatic heterocycles. The van der Waals surface area contributed by atoms with Crippen molar-refractivity contribution in [2.24, 2.45) is 0 Å². The van der Waals surface area contributed by atoms with E-state index in [0.717, 1.165) is 0 Å². The van der Waals surface area contributed by atoms with E-state index in [1.807, 2.05) is 0 Å². The Kier molecular flexibility index (Phi) is 5.58. The number of hydrogen-bond acceptors (Lipinski definition) is 5. The molecule has 0 unspecified atom stereocenters. The minimum Gasteiger partial charge on any atom is -0.394 e. The van der Waals surface area contributed by atoms with Crippen LogP contribution in [0, 0.1) is 0 Å². The molecule has 0 aliphatic heterocycles. The lowest BCUT2D eigenvalue weighted by Crippen LogP contribution is -2.49. The van der Waals surface area contributed by atoms with Gasteiger partial charge in [-0.25, -0.2) is 8.42 Å². The fourth-order valence-corrected chi connectivity index (χ4v) is 1.56. The van der Waals surface area contributed by atoms with E-state index >= 15 is 0 Å². The Morgan fingerprint density at radius 1 is 1.29 bits per heavy atom. The summed E-state index contributed by atoms with van der Waals surface area (Å²) in [6.07, 6.45) is 1.67. The van der Waals surface area contributed by atoms with Gasteiger partial charge in [0.25, 0.3) is 0 Å². The maximum Gasteiger partial charge on any atom is 0.147 e. The molecule has 0 heterocycles. The standard InChI is InChI=1S/C8H19NO4S/c1-8(6-10,7-11)9-4-3-5-14(2,12)13/h9-11H,3-7H2,1-2H3. The zero-order valence-electron chi connectivity index (χ0n) is 8.65. The summed E-state index contributed by atoms with van der Waals surface area (Å²) in [6.45, 7) is 1.78. The van der Waals surface area contributed by atoms with Gasteiger partial charge in [-0.15, -0.1) is 0 Å². The summed E-state index contributed by atoms with van der Waals surface area (Å²) in [4.78, 5) is 0. The molecule has 0 atom stereocenters. The zero-order valence-corrected chi connectivity index (χ0v) is 9.47. The van der Waals surface area contributed by atoms with Gasteiger partial charge in [-0.05, 0) is 19.9 Å². The predicted octanol–water partition coefficient (Wildman–Crippen LogP) is -1.25. The molecular weight excluding hydrogens is 206 g/mol. The third-order valence-electron chi connectivity index (χ3n) is 1.94. The smallest absolute Gasteiger partial charge is 0.147 e. The average molecular weight is 225 g/mol. The summed E-state index contributed by atoms with van der Waals surface area (Å²) in [5.41, 5.74) is -0.725. The Morgan fingerprint density at radius 3 is 2.14 bits per heavy atom. The SMILES string of the molecule is CC(CO)(CO)NCCCS(C)(=O)=O. The van der Waals surface area contributed by atoms with Crippen LogP contribution >= 0.6 is 0 Å². The quantitative estimate of drug-likeness (QED) is 0.472. The van der Waals surface area contributed by atoms with Crippen LogP contribution in [-0.2, 0) is 9.84 Å². The van der Waals surface area contributed by atoms with E-state index in [4.69, 9.17) is 10.2 Å². The highest BCUT2D eigenvalue weighted by atomic mass is 32.2. The first-order valence-electron chi connectivity index (χ1n) is 4.47. The molecule has 86 valence electrons. The number of nitrogens with one attached hydrogen (secondary N) is 1. The van der Waals surface area contributed by atoms with Gasteiger partial charge in [0.2, 0.25) is 0 Å².